The van der Waals surface area contributed by atoms with Crippen molar-refractivity contribution in [1.82, 2.24) is 0 Å². The fourth-order valence-corrected chi connectivity index (χ4v) is 4.75. The molecule has 132 valence electrons. The van der Waals surface area contributed by atoms with Crippen molar-refractivity contribution in [2.24, 2.45) is 17.8 Å². The predicted molar refractivity (Wildman–Crippen MR) is 96.9 cm³/mol. The zero-order chi connectivity index (χ0) is 16.9. The molecule has 0 aliphatic heterocycles. The molecule has 1 nitrogen and oxygen atoms in total. The Hall–Kier alpha value is -0.890. The molecule has 0 N–H and O–H groups in total. The molecule has 0 amide bonds. The highest BCUT2D eigenvalue weighted by atomic mass is 35.5. The van der Waals surface area contributed by atoms with Gasteiger partial charge in [-0.25, -0.2) is 4.39 Å². The summed E-state index contributed by atoms with van der Waals surface area (Å²) in [5.41, 5.74) is 1.11. The first-order valence-electron chi connectivity index (χ1n) is 9.56. The van der Waals surface area contributed by atoms with Crippen LogP contribution >= 0.6 is 11.6 Å². The van der Waals surface area contributed by atoms with Gasteiger partial charge in [-0.15, -0.1) is 0 Å². The fourth-order valence-electron chi connectivity index (χ4n) is 4.64. The minimum atomic E-state index is -0.290. The molecule has 0 heterocycles. The number of aldehydes is 1. The van der Waals surface area contributed by atoms with E-state index in [0.29, 0.717) is 11.8 Å². The average Bonchev–Trinajstić information content (AvgIpc) is 2.63. The maximum atomic E-state index is 13.6. The van der Waals surface area contributed by atoms with Gasteiger partial charge >= 0.3 is 0 Å². The summed E-state index contributed by atoms with van der Waals surface area (Å²) in [6, 6.07) is 5.30. The Morgan fingerprint density at radius 1 is 0.958 bits per heavy atom. The zero-order valence-electron chi connectivity index (χ0n) is 14.4. The van der Waals surface area contributed by atoms with Crippen molar-refractivity contribution < 1.29 is 9.18 Å². The molecule has 2 aliphatic carbocycles. The second-order valence-electron chi connectivity index (χ2n) is 7.89. The molecule has 0 saturated heterocycles. The van der Waals surface area contributed by atoms with Gasteiger partial charge in [-0.2, -0.15) is 0 Å². The van der Waals surface area contributed by atoms with Crippen LogP contribution < -0.4 is 0 Å². The summed E-state index contributed by atoms with van der Waals surface area (Å²) in [5, 5.41) is 0.219. The summed E-state index contributed by atoms with van der Waals surface area (Å²) in [4.78, 5) is 10.8. The van der Waals surface area contributed by atoms with Crippen molar-refractivity contribution in [2.75, 3.05) is 0 Å². The van der Waals surface area contributed by atoms with Gasteiger partial charge in [0.25, 0.3) is 0 Å². The van der Waals surface area contributed by atoms with E-state index in [2.05, 4.69) is 0 Å². The van der Waals surface area contributed by atoms with Gasteiger partial charge < -0.3 is 4.79 Å². The second kappa shape index (κ2) is 8.47. The number of halogens is 2. The first kappa shape index (κ1) is 17.9. The molecule has 24 heavy (non-hydrogen) atoms. The lowest BCUT2D eigenvalue weighted by atomic mass is 9.74. The lowest BCUT2D eigenvalue weighted by molar-refractivity contribution is -0.112. The molecule has 3 heteroatoms. The monoisotopic (exact) mass is 350 g/mol. The molecule has 2 aliphatic rings. The van der Waals surface area contributed by atoms with Crippen molar-refractivity contribution in [2.45, 2.75) is 70.1 Å². The molecule has 3 rings (SSSR count). The Balaban J connectivity index is 1.40. The first-order valence-corrected chi connectivity index (χ1v) is 9.93. The number of benzene rings is 1. The molecule has 2 fully saturated rings. The number of carbonyl (C=O) groups excluding carboxylic acids is 1. The molecule has 2 saturated carbocycles. The smallest absolute Gasteiger partial charge is 0.142 e. The van der Waals surface area contributed by atoms with Crippen LogP contribution in [0.25, 0.3) is 0 Å². The molecule has 0 atom stereocenters. The van der Waals surface area contributed by atoms with Crippen LogP contribution in [0.4, 0.5) is 4.39 Å². The van der Waals surface area contributed by atoms with Crippen LogP contribution in [0, 0.1) is 23.6 Å². The first-order chi connectivity index (χ1) is 11.7. The van der Waals surface area contributed by atoms with E-state index in [1.807, 2.05) is 6.07 Å². The Morgan fingerprint density at radius 2 is 1.54 bits per heavy atom. The van der Waals surface area contributed by atoms with Crippen molar-refractivity contribution >= 4 is 17.9 Å². The van der Waals surface area contributed by atoms with E-state index in [1.54, 1.807) is 12.1 Å². The van der Waals surface area contributed by atoms with Crippen LogP contribution in [0.5, 0.6) is 0 Å². The summed E-state index contributed by atoms with van der Waals surface area (Å²) in [6.07, 6.45) is 13.4. The van der Waals surface area contributed by atoms with Gasteiger partial charge in [0.05, 0.1) is 5.02 Å². The molecule has 0 unspecified atom stereocenters. The molecule has 1 aromatic rings. The van der Waals surface area contributed by atoms with Crippen LogP contribution in [0.3, 0.4) is 0 Å². The SMILES string of the molecule is O=CC1CCC(CCC2CCC(c3ccc(Cl)c(F)c3)CC2)CC1. The third kappa shape index (κ3) is 4.59. The van der Waals surface area contributed by atoms with Crippen molar-refractivity contribution in [3.05, 3.63) is 34.6 Å². The Morgan fingerprint density at radius 3 is 2.08 bits per heavy atom. The molecular formula is C21H28ClFO. The maximum absolute atomic E-state index is 13.6. The lowest BCUT2D eigenvalue weighted by Crippen LogP contribution is -2.18. The normalized spacial score (nSPS) is 30.9. The van der Waals surface area contributed by atoms with Gasteiger partial charge in [0, 0.05) is 5.92 Å². The third-order valence-corrected chi connectivity index (χ3v) is 6.64. The summed E-state index contributed by atoms with van der Waals surface area (Å²) >= 11 is 5.78. The molecule has 0 bridgehead atoms. The molecular weight excluding hydrogens is 323 g/mol. The minimum absolute atomic E-state index is 0.219. The van der Waals surface area contributed by atoms with Gasteiger partial charge in [-0.3, -0.25) is 0 Å². The fraction of sp³-hybridized carbons (Fsp3) is 0.667. The van der Waals surface area contributed by atoms with Gasteiger partial charge in [0.2, 0.25) is 0 Å². The summed E-state index contributed by atoms with van der Waals surface area (Å²) < 4.78 is 13.6. The Labute approximate surface area is 150 Å². The highest BCUT2D eigenvalue weighted by Gasteiger charge is 2.25. The van der Waals surface area contributed by atoms with E-state index in [-0.39, 0.29) is 10.8 Å². The summed E-state index contributed by atoms with van der Waals surface area (Å²) in [6.45, 7) is 0. The van der Waals surface area contributed by atoms with E-state index >= 15 is 0 Å². The van der Waals surface area contributed by atoms with Crippen molar-refractivity contribution in [3.8, 4) is 0 Å². The van der Waals surface area contributed by atoms with E-state index in [1.165, 1.54) is 51.4 Å². The maximum Gasteiger partial charge on any atom is 0.142 e. The number of hydrogen-bond donors (Lipinski definition) is 0. The van der Waals surface area contributed by atoms with Gasteiger partial charge in [-0.05, 0) is 86.8 Å². The molecule has 0 aromatic heterocycles. The van der Waals surface area contributed by atoms with Gasteiger partial charge in [-0.1, -0.05) is 30.5 Å². The zero-order valence-corrected chi connectivity index (χ0v) is 15.1. The molecule has 1 aromatic carbocycles. The van der Waals surface area contributed by atoms with E-state index in [9.17, 15) is 9.18 Å². The quantitative estimate of drug-likeness (QED) is 0.551. The van der Waals surface area contributed by atoms with Crippen LogP contribution in [-0.4, -0.2) is 6.29 Å². The van der Waals surface area contributed by atoms with E-state index < -0.39 is 0 Å². The highest BCUT2D eigenvalue weighted by molar-refractivity contribution is 6.30. The molecule has 0 spiro atoms. The van der Waals surface area contributed by atoms with Crippen LogP contribution in [0.2, 0.25) is 5.02 Å². The van der Waals surface area contributed by atoms with Gasteiger partial charge in [0.15, 0.2) is 0 Å². The number of carbonyl (C=O) groups is 1. The van der Waals surface area contributed by atoms with Crippen molar-refractivity contribution in [1.29, 1.82) is 0 Å². The second-order valence-corrected chi connectivity index (χ2v) is 8.29. The predicted octanol–water partition coefficient (Wildman–Crippen LogP) is 6.54. The minimum Gasteiger partial charge on any atom is -0.303 e. The van der Waals surface area contributed by atoms with Crippen LogP contribution in [0.15, 0.2) is 18.2 Å². The summed E-state index contributed by atoms with van der Waals surface area (Å²) in [5.74, 6) is 2.21. The van der Waals surface area contributed by atoms with Crippen molar-refractivity contribution in [3.63, 3.8) is 0 Å². The van der Waals surface area contributed by atoms with Gasteiger partial charge in [0.1, 0.15) is 12.1 Å². The van der Waals surface area contributed by atoms with Crippen LogP contribution in [-0.2, 0) is 4.79 Å². The lowest BCUT2D eigenvalue weighted by Gasteiger charge is -2.31. The number of hydrogen-bond acceptors (Lipinski definition) is 1. The molecule has 0 radical (unpaired) electrons. The average molecular weight is 351 g/mol. The standard InChI is InChI=1S/C21H28ClFO/c22-20-12-11-19(13-21(20)23)18-9-7-16(8-10-18)2-1-15-3-5-17(14-24)6-4-15/h11-18H,1-10H2. The van der Waals surface area contributed by atoms with Crippen LogP contribution in [0.1, 0.15) is 75.7 Å². The third-order valence-electron chi connectivity index (χ3n) is 6.33. The topological polar surface area (TPSA) is 17.1 Å². The van der Waals surface area contributed by atoms with E-state index in [0.717, 1.165) is 36.5 Å². The Kier molecular flexibility index (Phi) is 6.32. The Bertz CT molecular complexity index is 543. The van der Waals surface area contributed by atoms with E-state index in [4.69, 9.17) is 11.6 Å². The number of rotatable bonds is 5. The largest absolute Gasteiger partial charge is 0.303 e. The highest BCUT2D eigenvalue weighted by Crippen LogP contribution is 2.40. The summed E-state index contributed by atoms with van der Waals surface area (Å²) in [7, 11) is 0.